The van der Waals surface area contributed by atoms with Crippen molar-refractivity contribution in [3.05, 3.63) is 46.1 Å². The molecule has 0 saturated carbocycles. The van der Waals surface area contributed by atoms with Gasteiger partial charge in [-0.15, -0.1) is 10.2 Å². The van der Waals surface area contributed by atoms with Crippen molar-refractivity contribution in [2.45, 2.75) is 0 Å². The van der Waals surface area contributed by atoms with Crippen LogP contribution < -0.4 is 5.32 Å². The largest absolute Gasteiger partial charge is 0.476 e. The maximum atomic E-state index is 10.6. The summed E-state index contributed by atoms with van der Waals surface area (Å²) in [6.45, 7) is 0. The summed E-state index contributed by atoms with van der Waals surface area (Å²) in [6, 6.07) is 7.87. The molecule has 92 valence electrons. The second-order valence-electron chi connectivity index (χ2n) is 3.36. The van der Waals surface area contributed by atoms with Crippen molar-refractivity contribution >= 4 is 40.7 Å². The standard InChI is InChI=1S/C11H7Cl2N3O2/c12-7-2-1-6(5-8(7)13)14-10-4-3-9(11(17)18)15-16-10/h1-5H,(H,14,16)(H,17,18). The molecule has 2 N–H and O–H groups in total. The lowest BCUT2D eigenvalue weighted by atomic mass is 10.3. The molecule has 1 aromatic carbocycles. The minimum absolute atomic E-state index is 0.116. The first-order valence-corrected chi connectivity index (χ1v) is 5.61. The van der Waals surface area contributed by atoms with E-state index in [4.69, 9.17) is 28.3 Å². The van der Waals surface area contributed by atoms with E-state index in [0.29, 0.717) is 21.6 Å². The molecule has 0 amide bonds. The minimum atomic E-state index is -1.12. The number of nitrogens with zero attached hydrogens (tertiary/aromatic N) is 2. The van der Waals surface area contributed by atoms with Crippen LogP contribution >= 0.6 is 23.2 Å². The summed E-state index contributed by atoms with van der Waals surface area (Å²) < 4.78 is 0. The van der Waals surface area contributed by atoms with E-state index < -0.39 is 5.97 Å². The van der Waals surface area contributed by atoms with Gasteiger partial charge in [0.1, 0.15) is 0 Å². The lowest BCUT2D eigenvalue weighted by molar-refractivity contribution is 0.0689. The second kappa shape index (κ2) is 5.20. The summed E-state index contributed by atoms with van der Waals surface area (Å²) >= 11 is 11.6. The van der Waals surface area contributed by atoms with E-state index in [0.717, 1.165) is 0 Å². The van der Waals surface area contributed by atoms with Crippen LogP contribution in [0.4, 0.5) is 11.5 Å². The molecule has 2 aromatic rings. The van der Waals surface area contributed by atoms with Gasteiger partial charge in [0, 0.05) is 5.69 Å². The van der Waals surface area contributed by atoms with E-state index in [-0.39, 0.29) is 5.69 Å². The van der Waals surface area contributed by atoms with E-state index in [2.05, 4.69) is 15.5 Å². The number of aromatic nitrogens is 2. The molecule has 0 aliphatic rings. The van der Waals surface area contributed by atoms with Crippen molar-refractivity contribution in [2.24, 2.45) is 0 Å². The first-order valence-electron chi connectivity index (χ1n) is 4.85. The average Bonchev–Trinajstić information content (AvgIpc) is 2.34. The van der Waals surface area contributed by atoms with E-state index in [1.165, 1.54) is 12.1 Å². The third kappa shape index (κ3) is 2.88. The first kappa shape index (κ1) is 12.6. The maximum absolute atomic E-state index is 10.6. The van der Waals surface area contributed by atoms with Crippen LogP contribution in [0.15, 0.2) is 30.3 Å². The smallest absolute Gasteiger partial charge is 0.356 e. The molecule has 18 heavy (non-hydrogen) atoms. The topological polar surface area (TPSA) is 75.1 Å². The molecule has 1 aromatic heterocycles. The SMILES string of the molecule is O=C(O)c1ccc(Nc2ccc(Cl)c(Cl)c2)nn1. The number of aromatic carboxylic acids is 1. The van der Waals surface area contributed by atoms with Gasteiger partial charge in [0.05, 0.1) is 10.0 Å². The monoisotopic (exact) mass is 283 g/mol. The zero-order valence-corrected chi connectivity index (χ0v) is 10.4. The van der Waals surface area contributed by atoms with Crippen LogP contribution in [-0.2, 0) is 0 Å². The van der Waals surface area contributed by atoms with Gasteiger partial charge < -0.3 is 10.4 Å². The Kier molecular flexibility index (Phi) is 3.64. The van der Waals surface area contributed by atoms with Gasteiger partial charge in [-0.1, -0.05) is 23.2 Å². The highest BCUT2D eigenvalue weighted by atomic mass is 35.5. The Morgan fingerprint density at radius 1 is 1.11 bits per heavy atom. The van der Waals surface area contributed by atoms with Crippen molar-refractivity contribution in [1.29, 1.82) is 0 Å². The number of hydrogen-bond donors (Lipinski definition) is 2. The van der Waals surface area contributed by atoms with E-state index >= 15 is 0 Å². The third-order valence-electron chi connectivity index (χ3n) is 2.08. The fourth-order valence-corrected chi connectivity index (χ4v) is 1.53. The van der Waals surface area contributed by atoms with Gasteiger partial charge in [-0.05, 0) is 30.3 Å². The second-order valence-corrected chi connectivity index (χ2v) is 4.18. The molecule has 0 atom stereocenters. The molecule has 0 unspecified atom stereocenters. The van der Waals surface area contributed by atoms with Crippen molar-refractivity contribution in [1.82, 2.24) is 10.2 Å². The van der Waals surface area contributed by atoms with Gasteiger partial charge >= 0.3 is 5.97 Å². The van der Waals surface area contributed by atoms with E-state index in [1.807, 2.05) is 0 Å². The van der Waals surface area contributed by atoms with Crippen LogP contribution in [0.3, 0.4) is 0 Å². The Hall–Kier alpha value is -1.85. The Morgan fingerprint density at radius 3 is 2.44 bits per heavy atom. The summed E-state index contributed by atoms with van der Waals surface area (Å²) in [5, 5.41) is 19.7. The molecule has 2 rings (SSSR count). The van der Waals surface area contributed by atoms with E-state index in [9.17, 15) is 4.79 Å². The number of carboxylic acid groups (broad SMARTS) is 1. The van der Waals surface area contributed by atoms with Crippen molar-refractivity contribution in [3.8, 4) is 0 Å². The summed E-state index contributed by atoms with van der Waals surface area (Å²) in [5.41, 5.74) is 0.566. The van der Waals surface area contributed by atoms with Crippen molar-refractivity contribution in [3.63, 3.8) is 0 Å². The molecule has 0 fully saturated rings. The van der Waals surface area contributed by atoms with Gasteiger partial charge in [0.25, 0.3) is 0 Å². The number of nitrogens with one attached hydrogen (secondary N) is 1. The Morgan fingerprint density at radius 2 is 1.89 bits per heavy atom. The summed E-state index contributed by atoms with van der Waals surface area (Å²) in [5.74, 6) is -0.707. The number of halogens is 2. The average molecular weight is 284 g/mol. The molecule has 0 spiro atoms. The maximum Gasteiger partial charge on any atom is 0.356 e. The molecular formula is C11H7Cl2N3O2. The molecule has 1 heterocycles. The Labute approximate surface area is 112 Å². The third-order valence-corrected chi connectivity index (χ3v) is 2.81. The lowest BCUT2D eigenvalue weighted by Crippen LogP contribution is -2.03. The molecule has 0 aliphatic heterocycles. The molecular weight excluding hydrogens is 277 g/mol. The van der Waals surface area contributed by atoms with Crippen LogP contribution in [0.5, 0.6) is 0 Å². The number of carbonyl (C=O) groups is 1. The fourth-order valence-electron chi connectivity index (χ4n) is 1.23. The number of benzene rings is 1. The predicted molar refractivity (Wildman–Crippen MR) is 68.7 cm³/mol. The van der Waals surface area contributed by atoms with Gasteiger partial charge in [-0.25, -0.2) is 4.79 Å². The Bertz CT molecular complexity index is 587. The summed E-state index contributed by atoms with van der Waals surface area (Å²) in [6.07, 6.45) is 0. The molecule has 0 saturated heterocycles. The molecule has 7 heteroatoms. The van der Waals surface area contributed by atoms with Crippen molar-refractivity contribution < 1.29 is 9.90 Å². The molecule has 0 bridgehead atoms. The van der Waals surface area contributed by atoms with Gasteiger partial charge in [-0.2, -0.15) is 0 Å². The first-order chi connectivity index (χ1) is 8.56. The predicted octanol–water partition coefficient (Wildman–Crippen LogP) is 3.23. The highest BCUT2D eigenvalue weighted by molar-refractivity contribution is 6.42. The van der Waals surface area contributed by atoms with Crippen LogP contribution in [0.2, 0.25) is 10.0 Å². The summed E-state index contributed by atoms with van der Waals surface area (Å²) in [4.78, 5) is 10.6. The van der Waals surface area contributed by atoms with Gasteiger partial charge in [0.15, 0.2) is 11.5 Å². The van der Waals surface area contributed by atoms with E-state index in [1.54, 1.807) is 18.2 Å². The van der Waals surface area contributed by atoms with Crippen molar-refractivity contribution in [2.75, 3.05) is 5.32 Å². The normalized spacial score (nSPS) is 10.1. The summed E-state index contributed by atoms with van der Waals surface area (Å²) in [7, 11) is 0. The highest BCUT2D eigenvalue weighted by Gasteiger charge is 2.05. The van der Waals surface area contributed by atoms with Crippen LogP contribution in [0, 0.1) is 0 Å². The molecule has 5 nitrogen and oxygen atoms in total. The fraction of sp³-hybridized carbons (Fsp3) is 0. The molecule has 0 radical (unpaired) electrons. The van der Waals surface area contributed by atoms with Crippen LogP contribution in [0.25, 0.3) is 0 Å². The number of carboxylic acids is 1. The molecule has 0 aliphatic carbocycles. The number of rotatable bonds is 3. The zero-order valence-electron chi connectivity index (χ0n) is 8.89. The zero-order chi connectivity index (χ0) is 13.1. The van der Waals surface area contributed by atoms with Gasteiger partial charge in [0.2, 0.25) is 0 Å². The Balaban J connectivity index is 2.18. The highest BCUT2D eigenvalue weighted by Crippen LogP contribution is 2.26. The number of hydrogen-bond acceptors (Lipinski definition) is 4. The van der Waals surface area contributed by atoms with Crippen LogP contribution in [0.1, 0.15) is 10.5 Å². The quantitative estimate of drug-likeness (QED) is 0.905. The van der Waals surface area contributed by atoms with Crippen LogP contribution in [-0.4, -0.2) is 21.3 Å². The van der Waals surface area contributed by atoms with Gasteiger partial charge in [-0.3, -0.25) is 0 Å². The number of anilines is 2. The lowest BCUT2D eigenvalue weighted by Gasteiger charge is -2.05. The minimum Gasteiger partial charge on any atom is -0.476 e.